The molecule has 0 aromatic carbocycles. The van der Waals surface area contributed by atoms with Gasteiger partial charge in [0.1, 0.15) is 0 Å². The van der Waals surface area contributed by atoms with E-state index in [9.17, 15) is 19.8 Å². The molecule has 0 aromatic rings. The third-order valence-corrected chi connectivity index (χ3v) is 28.1. The minimum atomic E-state index is -0.702. The Balaban J connectivity index is 0.945. The molecule has 4 heterocycles. The van der Waals surface area contributed by atoms with E-state index in [1.165, 1.54) is 88.6 Å². The molecule has 54 heavy (non-hydrogen) atoms. The topological polar surface area (TPSA) is 81.1 Å². The van der Waals surface area contributed by atoms with Crippen molar-refractivity contribution in [3.63, 3.8) is 0 Å². The molecule has 9 aliphatic rings. The zero-order valence-corrected chi connectivity index (χ0v) is 37.5. The summed E-state index contributed by atoms with van der Waals surface area (Å²) in [6.07, 6.45) is 27.1. The summed E-state index contributed by atoms with van der Waals surface area (Å²) in [5.74, 6) is 6.86. The molecule has 4 saturated heterocycles. The first-order valence-electron chi connectivity index (χ1n) is 22.2. The van der Waals surface area contributed by atoms with Crippen molar-refractivity contribution in [1.29, 1.82) is 0 Å². The first-order chi connectivity index (χ1) is 26.2. The molecular weight excluding hydrogens is 789 g/mol. The zero-order chi connectivity index (χ0) is 37.1. The van der Waals surface area contributed by atoms with Crippen LogP contribution in [0.3, 0.4) is 0 Å². The van der Waals surface area contributed by atoms with Crippen LogP contribution in [-0.2, 0) is 0 Å². The highest BCUT2D eigenvalue weighted by molar-refractivity contribution is 8.26. The van der Waals surface area contributed by atoms with Gasteiger partial charge in [-0.3, -0.25) is 0 Å². The fourth-order valence-corrected chi connectivity index (χ4v) is 28.0. The molecule has 304 valence electrons. The Morgan fingerprint density at radius 3 is 1.41 bits per heavy atom. The third-order valence-electron chi connectivity index (χ3n) is 16.3. The van der Waals surface area contributed by atoms with E-state index in [-0.39, 0.29) is 27.4 Å². The van der Waals surface area contributed by atoms with Crippen molar-refractivity contribution in [3.8, 4) is 0 Å². The van der Waals surface area contributed by atoms with Crippen LogP contribution in [0.5, 0.6) is 0 Å². The summed E-state index contributed by atoms with van der Waals surface area (Å²) in [4.78, 5) is 31.3. The van der Waals surface area contributed by atoms with E-state index in [2.05, 4.69) is 70.6 Å². The molecule has 0 spiro atoms. The smallest absolute Gasteiger partial charge is 0.407 e. The van der Waals surface area contributed by atoms with Crippen LogP contribution in [0, 0.1) is 23.7 Å². The molecule has 4 aliphatic heterocycles. The van der Waals surface area contributed by atoms with Gasteiger partial charge in [-0.15, -0.1) is 70.6 Å². The predicted octanol–water partition coefficient (Wildman–Crippen LogP) is 12.6. The van der Waals surface area contributed by atoms with Gasteiger partial charge in [0.15, 0.2) is 0 Å². The van der Waals surface area contributed by atoms with Gasteiger partial charge >= 0.3 is 12.2 Å². The maximum atomic E-state index is 13.6. The standard InChI is InChI=1S/C42H66N2O4S6/c45-35(46)43(37-16-5-7-20-41(37,51-26-22-37)53-39-18-3-1-12-33(39)14-24-49-39)29-31-10-9-11-32(28-31)30-44(36(47)48)38-17-6-8-21-42(38,52-27-23-38)54-40-19-4-2-13-34(40)15-25-50-40/h31-34H,1-30H2,(H,45,46)(H,47,48). The van der Waals surface area contributed by atoms with Gasteiger partial charge in [-0.2, -0.15) is 0 Å². The SMILES string of the molecule is O=C(O)N(CC1CCCC(CN(C(=O)O)C23CCCCC2(SC24CCCCC2CCS4)SCC3)C1)C12CCCCC1(SC13CCCCC1CCS3)SCC2. The molecule has 9 rings (SSSR count). The van der Waals surface area contributed by atoms with E-state index in [0.29, 0.717) is 24.9 Å². The van der Waals surface area contributed by atoms with Gasteiger partial charge < -0.3 is 20.0 Å². The summed E-state index contributed by atoms with van der Waals surface area (Å²) in [5, 5.41) is 22.4. The highest BCUT2D eigenvalue weighted by atomic mass is 32.2. The number of nitrogens with zero attached hydrogens (tertiary/aromatic N) is 2. The number of rotatable bonds is 10. The van der Waals surface area contributed by atoms with Crippen LogP contribution in [0.2, 0.25) is 0 Å². The second kappa shape index (κ2) is 15.9. The monoisotopic (exact) mass is 854 g/mol. The van der Waals surface area contributed by atoms with Crippen LogP contribution in [-0.4, -0.2) is 95.7 Å². The van der Waals surface area contributed by atoms with Crippen molar-refractivity contribution in [2.24, 2.45) is 23.7 Å². The Kier molecular flexibility index (Phi) is 11.8. The highest BCUT2D eigenvalue weighted by Gasteiger charge is 2.67. The molecule has 5 aliphatic carbocycles. The minimum Gasteiger partial charge on any atom is -0.465 e. The second-order valence-electron chi connectivity index (χ2n) is 18.9. The van der Waals surface area contributed by atoms with Gasteiger partial charge in [0.2, 0.25) is 0 Å². The van der Waals surface area contributed by atoms with Crippen LogP contribution >= 0.6 is 70.6 Å². The predicted molar refractivity (Wildman–Crippen MR) is 236 cm³/mol. The molecule has 0 aromatic heterocycles. The quantitative estimate of drug-likeness (QED) is 0.222. The van der Waals surface area contributed by atoms with Gasteiger partial charge in [-0.05, 0) is 143 Å². The number of hydrogen-bond acceptors (Lipinski definition) is 8. The summed E-state index contributed by atoms with van der Waals surface area (Å²) < 4.78 is 0.467. The molecule has 12 heteroatoms. The van der Waals surface area contributed by atoms with E-state index < -0.39 is 12.2 Å². The maximum Gasteiger partial charge on any atom is 0.407 e. The zero-order valence-electron chi connectivity index (χ0n) is 32.6. The van der Waals surface area contributed by atoms with Crippen LogP contribution < -0.4 is 0 Å². The Morgan fingerprint density at radius 1 is 0.500 bits per heavy atom. The largest absolute Gasteiger partial charge is 0.465 e. The van der Waals surface area contributed by atoms with Crippen molar-refractivity contribution in [3.05, 3.63) is 0 Å². The lowest BCUT2D eigenvalue weighted by Crippen LogP contribution is -2.64. The first-order valence-corrected chi connectivity index (χ1v) is 27.7. The Bertz CT molecular complexity index is 1310. The molecule has 0 radical (unpaired) electrons. The number of carboxylic acid groups (broad SMARTS) is 2. The Morgan fingerprint density at radius 2 is 0.944 bits per heavy atom. The van der Waals surface area contributed by atoms with Gasteiger partial charge in [0.25, 0.3) is 0 Å². The van der Waals surface area contributed by atoms with Gasteiger partial charge in [0.05, 0.1) is 27.4 Å². The van der Waals surface area contributed by atoms with Crippen molar-refractivity contribution in [2.45, 2.75) is 181 Å². The molecule has 0 bridgehead atoms. The highest BCUT2D eigenvalue weighted by Crippen LogP contribution is 2.72. The van der Waals surface area contributed by atoms with E-state index in [4.69, 9.17) is 0 Å². The molecule has 2 amide bonds. The molecule has 2 N–H and O–H groups in total. The molecule has 6 nitrogen and oxygen atoms in total. The van der Waals surface area contributed by atoms with Gasteiger partial charge in [0, 0.05) is 13.1 Å². The molecule has 5 saturated carbocycles. The first kappa shape index (κ1) is 40.1. The fourth-order valence-electron chi connectivity index (χ4n) is 13.7. The average Bonchev–Trinajstić information content (AvgIpc) is 3.96. The van der Waals surface area contributed by atoms with Crippen LogP contribution in [0.4, 0.5) is 9.59 Å². The molecule has 10 atom stereocenters. The van der Waals surface area contributed by atoms with Crippen molar-refractivity contribution < 1.29 is 19.8 Å². The lowest BCUT2D eigenvalue weighted by molar-refractivity contribution is 0.0179. The summed E-state index contributed by atoms with van der Waals surface area (Å²) in [6, 6.07) is 0. The van der Waals surface area contributed by atoms with E-state index in [1.54, 1.807) is 0 Å². The summed E-state index contributed by atoms with van der Waals surface area (Å²) in [7, 11) is 0. The number of thioether (sulfide) groups is 6. The lowest BCUT2D eigenvalue weighted by Gasteiger charge is -2.57. The van der Waals surface area contributed by atoms with Crippen LogP contribution in [0.1, 0.15) is 154 Å². The number of fused-ring (bicyclic) bond motifs is 4. The Hall–Kier alpha value is 0.640. The summed E-state index contributed by atoms with van der Waals surface area (Å²) in [5.41, 5.74) is -0.583. The molecule has 9 fully saturated rings. The third kappa shape index (κ3) is 6.71. The van der Waals surface area contributed by atoms with E-state index in [1.807, 2.05) is 9.80 Å². The number of hydrogen-bond donors (Lipinski definition) is 2. The average molecular weight is 855 g/mol. The Labute approximate surface area is 351 Å². The summed E-state index contributed by atoms with van der Waals surface area (Å²) >= 11 is 13.3. The van der Waals surface area contributed by atoms with Crippen LogP contribution in [0.15, 0.2) is 0 Å². The number of amides is 2. The van der Waals surface area contributed by atoms with Gasteiger partial charge in [-0.1, -0.05) is 57.8 Å². The van der Waals surface area contributed by atoms with E-state index >= 15 is 0 Å². The van der Waals surface area contributed by atoms with Crippen molar-refractivity contribution >= 4 is 82.8 Å². The van der Waals surface area contributed by atoms with Crippen molar-refractivity contribution in [1.82, 2.24) is 9.80 Å². The summed E-state index contributed by atoms with van der Waals surface area (Å²) in [6.45, 7) is 1.26. The van der Waals surface area contributed by atoms with Crippen molar-refractivity contribution in [2.75, 3.05) is 36.1 Å². The minimum absolute atomic E-state index is 0.0412. The van der Waals surface area contributed by atoms with Crippen LogP contribution in [0.25, 0.3) is 0 Å². The normalized spacial score (nSPS) is 45.9. The lowest BCUT2D eigenvalue weighted by atomic mass is 9.74. The number of carbonyl (C=O) groups is 2. The molecular formula is C42H66N2O4S6. The molecule has 10 unspecified atom stereocenters. The van der Waals surface area contributed by atoms with Gasteiger partial charge in [-0.25, -0.2) is 9.59 Å². The maximum absolute atomic E-state index is 13.6. The fraction of sp³-hybridized carbons (Fsp3) is 0.952. The van der Waals surface area contributed by atoms with E-state index in [0.717, 1.165) is 100 Å². The second-order valence-corrected chi connectivity index (χ2v) is 28.8.